The number of fused-ring (bicyclic) bond motifs is 1. The maximum absolute atomic E-state index is 13.4. The van der Waals surface area contributed by atoms with Gasteiger partial charge in [0.05, 0.1) is 5.69 Å². The van der Waals surface area contributed by atoms with Crippen LogP contribution in [0, 0.1) is 12.7 Å². The highest BCUT2D eigenvalue weighted by molar-refractivity contribution is 5.70. The molecule has 0 amide bonds. The van der Waals surface area contributed by atoms with Gasteiger partial charge in [0.1, 0.15) is 5.82 Å². The first-order valence-electron chi connectivity index (χ1n) is 6.76. The van der Waals surface area contributed by atoms with E-state index < -0.39 is 0 Å². The number of rotatable bonds is 3. The van der Waals surface area contributed by atoms with Gasteiger partial charge in [0.25, 0.3) is 0 Å². The van der Waals surface area contributed by atoms with Crippen molar-refractivity contribution in [3.63, 3.8) is 0 Å². The summed E-state index contributed by atoms with van der Waals surface area (Å²) in [6.07, 6.45) is 2.95. The van der Waals surface area contributed by atoms with E-state index in [-0.39, 0.29) is 5.82 Å². The summed E-state index contributed by atoms with van der Waals surface area (Å²) in [6.45, 7) is 3.36. The molecule has 19 heavy (non-hydrogen) atoms. The van der Waals surface area contributed by atoms with Crippen LogP contribution in [-0.2, 0) is 19.4 Å². The van der Waals surface area contributed by atoms with E-state index >= 15 is 0 Å². The lowest BCUT2D eigenvalue weighted by Gasteiger charge is -2.06. The highest BCUT2D eigenvalue weighted by Crippen LogP contribution is 2.32. The van der Waals surface area contributed by atoms with E-state index in [0.717, 1.165) is 37.1 Å². The molecule has 100 valence electrons. The summed E-state index contributed by atoms with van der Waals surface area (Å²) in [6, 6.07) is 5.29. The fourth-order valence-electron chi connectivity index (χ4n) is 2.83. The third-order valence-electron chi connectivity index (χ3n) is 3.74. The van der Waals surface area contributed by atoms with E-state index in [2.05, 4.69) is 9.78 Å². The van der Waals surface area contributed by atoms with E-state index in [0.29, 0.717) is 12.1 Å². The average Bonchev–Trinajstić information content (AvgIpc) is 2.93. The second-order valence-corrected chi connectivity index (χ2v) is 5.10. The fraction of sp³-hybridized carbons (Fsp3) is 0.400. The fourth-order valence-corrected chi connectivity index (χ4v) is 2.83. The normalized spacial score (nSPS) is 13.8. The number of halogens is 1. The van der Waals surface area contributed by atoms with Gasteiger partial charge in [-0.2, -0.15) is 5.10 Å². The van der Waals surface area contributed by atoms with Gasteiger partial charge in [-0.15, -0.1) is 0 Å². The molecule has 0 aliphatic carbocycles. The van der Waals surface area contributed by atoms with Gasteiger partial charge in [0.15, 0.2) is 0 Å². The van der Waals surface area contributed by atoms with Gasteiger partial charge in [0, 0.05) is 24.2 Å². The molecule has 3 rings (SSSR count). The van der Waals surface area contributed by atoms with Crippen molar-refractivity contribution in [2.45, 2.75) is 32.7 Å². The SMILES string of the molecule is Cc1cc(-c2c(CCN)nn3c2CCC3)ccc1F. The van der Waals surface area contributed by atoms with E-state index in [1.165, 1.54) is 17.3 Å². The molecule has 3 nitrogen and oxygen atoms in total. The Morgan fingerprint density at radius 1 is 1.42 bits per heavy atom. The standard InChI is InChI=1S/C15H18FN3/c1-10-9-11(4-5-12(10)16)15-13(6-7-17)18-19-8-2-3-14(15)19/h4-5,9H,2-3,6-8,17H2,1H3. The van der Waals surface area contributed by atoms with Crippen molar-refractivity contribution in [2.75, 3.05) is 6.54 Å². The number of nitrogens with two attached hydrogens (primary N) is 1. The van der Waals surface area contributed by atoms with Crippen LogP contribution in [0.15, 0.2) is 18.2 Å². The van der Waals surface area contributed by atoms with E-state index in [1.807, 2.05) is 12.1 Å². The Bertz CT molecular complexity index is 616. The third-order valence-corrected chi connectivity index (χ3v) is 3.74. The minimum absolute atomic E-state index is 0.159. The first-order valence-corrected chi connectivity index (χ1v) is 6.76. The Labute approximate surface area is 112 Å². The molecule has 1 aromatic carbocycles. The van der Waals surface area contributed by atoms with Crippen LogP contribution in [-0.4, -0.2) is 16.3 Å². The molecule has 4 heteroatoms. The van der Waals surface area contributed by atoms with Crippen molar-refractivity contribution >= 4 is 0 Å². The second-order valence-electron chi connectivity index (χ2n) is 5.10. The molecule has 1 aliphatic heterocycles. The van der Waals surface area contributed by atoms with Gasteiger partial charge in [-0.3, -0.25) is 4.68 Å². The third kappa shape index (κ3) is 2.06. The first kappa shape index (κ1) is 12.4. The highest BCUT2D eigenvalue weighted by Gasteiger charge is 2.22. The molecular formula is C15H18FN3. The van der Waals surface area contributed by atoms with Crippen molar-refractivity contribution < 1.29 is 4.39 Å². The zero-order valence-electron chi connectivity index (χ0n) is 11.1. The quantitative estimate of drug-likeness (QED) is 0.920. The molecule has 0 atom stereocenters. The molecule has 0 unspecified atom stereocenters. The van der Waals surface area contributed by atoms with E-state index in [9.17, 15) is 4.39 Å². The van der Waals surface area contributed by atoms with E-state index in [4.69, 9.17) is 5.73 Å². The lowest BCUT2D eigenvalue weighted by atomic mass is 9.98. The van der Waals surface area contributed by atoms with Crippen LogP contribution < -0.4 is 5.73 Å². The molecule has 2 aromatic rings. The largest absolute Gasteiger partial charge is 0.330 e. The first-order chi connectivity index (χ1) is 9.20. The number of hydrogen-bond acceptors (Lipinski definition) is 2. The minimum atomic E-state index is -0.159. The van der Waals surface area contributed by atoms with Crippen LogP contribution in [0.4, 0.5) is 4.39 Å². The van der Waals surface area contributed by atoms with Crippen LogP contribution in [0.25, 0.3) is 11.1 Å². The van der Waals surface area contributed by atoms with Gasteiger partial charge in [-0.05, 0) is 49.6 Å². The van der Waals surface area contributed by atoms with Gasteiger partial charge in [0.2, 0.25) is 0 Å². The number of aryl methyl sites for hydroxylation is 2. The highest BCUT2D eigenvalue weighted by atomic mass is 19.1. The molecule has 0 saturated carbocycles. The molecule has 2 N–H and O–H groups in total. The van der Waals surface area contributed by atoms with Crippen LogP contribution in [0.1, 0.15) is 23.4 Å². The lowest BCUT2D eigenvalue weighted by Crippen LogP contribution is -2.05. The zero-order valence-corrected chi connectivity index (χ0v) is 11.1. The van der Waals surface area contributed by atoms with Gasteiger partial charge >= 0.3 is 0 Å². The zero-order chi connectivity index (χ0) is 13.4. The van der Waals surface area contributed by atoms with Crippen LogP contribution in [0.5, 0.6) is 0 Å². The minimum Gasteiger partial charge on any atom is -0.330 e. The molecule has 1 aromatic heterocycles. The summed E-state index contributed by atoms with van der Waals surface area (Å²) in [4.78, 5) is 0. The molecule has 0 saturated heterocycles. The number of nitrogens with zero attached hydrogens (tertiary/aromatic N) is 2. The summed E-state index contributed by atoms with van der Waals surface area (Å²) in [5.41, 5.74) is 10.9. The number of benzene rings is 1. The second kappa shape index (κ2) is 4.78. The van der Waals surface area contributed by atoms with Crippen LogP contribution >= 0.6 is 0 Å². The van der Waals surface area contributed by atoms with Crippen molar-refractivity contribution in [2.24, 2.45) is 5.73 Å². The Morgan fingerprint density at radius 2 is 2.26 bits per heavy atom. The Kier molecular flexibility index (Phi) is 3.11. The molecule has 0 spiro atoms. The Hall–Kier alpha value is -1.68. The number of aromatic nitrogens is 2. The molecule has 0 bridgehead atoms. The summed E-state index contributed by atoms with van der Waals surface area (Å²) in [5.74, 6) is -0.159. The maximum atomic E-state index is 13.4. The van der Waals surface area contributed by atoms with Crippen LogP contribution in [0.2, 0.25) is 0 Å². The summed E-state index contributed by atoms with van der Waals surface area (Å²) < 4.78 is 15.5. The molecule has 1 aliphatic rings. The maximum Gasteiger partial charge on any atom is 0.126 e. The van der Waals surface area contributed by atoms with E-state index in [1.54, 1.807) is 6.92 Å². The van der Waals surface area contributed by atoms with Gasteiger partial charge in [-0.1, -0.05) is 6.07 Å². The van der Waals surface area contributed by atoms with Crippen molar-refractivity contribution in [3.8, 4) is 11.1 Å². The van der Waals surface area contributed by atoms with Crippen molar-refractivity contribution in [3.05, 3.63) is 41.0 Å². The summed E-state index contributed by atoms with van der Waals surface area (Å²) in [7, 11) is 0. The molecule has 0 fully saturated rings. The predicted molar refractivity (Wildman–Crippen MR) is 73.4 cm³/mol. The molecule has 2 heterocycles. The Morgan fingerprint density at radius 3 is 3.00 bits per heavy atom. The lowest BCUT2D eigenvalue weighted by molar-refractivity contribution is 0.619. The topological polar surface area (TPSA) is 43.8 Å². The molecular weight excluding hydrogens is 241 g/mol. The smallest absolute Gasteiger partial charge is 0.126 e. The Balaban J connectivity index is 2.14. The average molecular weight is 259 g/mol. The summed E-state index contributed by atoms with van der Waals surface area (Å²) in [5, 5.41) is 4.65. The van der Waals surface area contributed by atoms with Crippen molar-refractivity contribution in [1.82, 2.24) is 9.78 Å². The van der Waals surface area contributed by atoms with Gasteiger partial charge < -0.3 is 5.73 Å². The predicted octanol–water partition coefficient (Wildman–Crippen LogP) is 2.45. The van der Waals surface area contributed by atoms with Crippen molar-refractivity contribution in [1.29, 1.82) is 0 Å². The van der Waals surface area contributed by atoms with Gasteiger partial charge in [-0.25, -0.2) is 4.39 Å². The van der Waals surface area contributed by atoms with Crippen LogP contribution in [0.3, 0.4) is 0 Å². The summed E-state index contributed by atoms with van der Waals surface area (Å²) >= 11 is 0. The number of hydrogen-bond donors (Lipinski definition) is 1. The molecule has 0 radical (unpaired) electrons. The monoisotopic (exact) mass is 259 g/mol.